The van der Waals surface area contributed by atoms with Gasteiger partial charge in [-0.2, -0.15) is 4.98 Å². The first-order chi connectivity index (χ1) is 12.3. The highest BCUT2D eigenvalue weighted by molar-refractivity contribution is 5.96. The molecule has 10 nitrogen and oxygen atoms in total. The van der Waals surface area contributed by atoms with Crippen LogP contribution in [0, 0.1) is 6.92 Å². The maximum Gasteiger partial charge on any atom is 0.273 e. The maximum absolute atomic E-state index is 11.6. The summed E-state index contributed by atoms with van der Waals surface area (Å²) in [6.07, 6.45) is 0.439. The molecule has 2 rings (SSSR count). The van der Waals surface area contributed by atoms with Gasteiger partial charge in [-0.25, -0.2) is 0 Å². The van der Waals surface area contributed by atoms with Gasteiger partial charge >= 0.3 is 0 Å². The minimum Gasteiger partial charge on any atom is -0.496 e. The number of nitrogens with zero attached hydrogens (tertiary/aromatic N) is 3. The van der Waals surface area contributed by atoms with E-state index in [1.54, 1.807) is 26.2 Å². The highest BCUT2D eigenvalue weighted by atomic mass is 16.5. The molecule has 0 radical (unpaired) electrons. The molecule has 138 valence electrons. The minimum atomic E-state index is -0.792. The molecule has 6 N–H and O–H groups in total. The van der Waals surface area contributed by atoms with E-state index in [1.807, 2.05) is 13.0 Å². The van der Waals surface area contributed by atoms with E-state index in [0.717, 1.165) is 5.56 Å². The third-order valence-electron chi connectivity index (χ3n) is 3.65. The lowest BCUT2D eigenvalue weighted by molar-refractivity contribution is -0.118. The predicted octanol–water partition coefficient (Wildman–Crippen LogP) is 0.707. The summed E-state index contributed by atoms with van der Waals surface area (Å²) in [6, 6.07) is 4.71. The summed E-state index contributed by atoms with van der Waals surface area (Å²) in [5, 5.41) is 13.3. The molecule has 10 heteroatoms. The van der Waals surface area contributed by atoms with E-state index in [0.29, 0.717) is 17.9 Å². The van der Waals surface area contributed by atoms with Gasteiger partial charge in [0, 0.05) is 11.8 Å². The smallest absolute Gasteiger partial charge is 0.273 e. The number of hydrogen-bond donors (Lipinski definition) is 4. The molecule has 2 aromatic rings. The van der Waals surface area contributed by atoms with E-state index in [-0.39, 0.29) is 17.5 Å². The second-order valence-electron chi connectivity index (χ2n) is 5.51. The summed E-state index contributed by atoms with van der Waals surface area (Å²) in [6.45, 7) is 3.69. The highest BCUT2D eigenvalue weighted by Crippen LogP contribution is 2.25. The van der Waals surface area contributed by atoms with Gasteiger partial charge in [0.15, 0.2) is 11.5 Å². The topological polar surface area (TPSA) is 158 Å². The van der Waals surface area contributed by atoms with Gasteiger partial charge in [0.2, 0.25) is 11.9 Å². The number of methoxy groups -OCH3 is 1. The van der Waals surface area contributed by atoms with Crippen molar-refractivity contribution in [3.63, 3.8) is 0 Å². The molecule has 0 bridgehead atoms. The van der Waals surface area contributed by atoms with Crippen molar-refractivity contribution in [2.45, 2.75) is 26.3 Å². The van der Waals surface area contributed by atoms with Crippen LogP contribution in [0.4, 0.5) is 17.5 Å². The Balaban J connectivity index is 2.37. The van der Waals surface area contributed by atoms with Gasteiger partial charge in [-0.15, -0.1) is 10.2 Å². The van der Waals surface area contributed by atoms with E-state index < -0.39 is 17.9 Å². The summed E-state index contributed by atoms with van der Waals surface area (Å²) in [5.41, 5.74) is 12.1. The largest absolute Gasteiger partial charge is 0.496 e. The molecule has 2 amide bonds. The fourth-order valence-corrected chi connectivity index (χ4v) is 2.20. The predicted molar refractivity (Wildman–Crippen MR) is 96.3 cm³/mol. The molecule has 0 saturated carbocycles. The molecular weight excluding hydrogens is 338 g/mol. The number of ether oxygens (including phenoxy) is 1. The van der Waals surface area contributed by atoms with Crippen molar-refractivity contribution >= 4 is 29.3 Å². The number of carbonyl (C=O) groups excluding carboxylic acids is 2. The Kier molecular flexibility index (Phi) is 5.89. The number of nitrogens with one attached hydrogen (secondary N) is 2. The lowest BCUT2D eigenvalue weighted by atomic mass is 10.2. The third-order valence-corrected chi connectivity index (χ3v) is 3.65. The van der Waals surface area contributed by atoms with Gasteiger partial charge in [-0.1, -0.05) is 13.0 Å². The molecule has 26 heavy (non-hydrogen) atoms. The molecule has 0 fully saturated rings. The zero-order valence-electron chi connectivity index (χ0n) is 14.7. The molecule has 1 atom stereocenters. The number of amides is 2. The summed E-state index contributed by atoms with van der Waals surface area (Å²) in [5.74, 6) is -0.536. The molecule has 0 aliphatic heterocycles. The number of rotatable bonds is 8. The van der Waals surface area contributed by atoms with Crippen molar-refractivity contribution in [1.82, 2.24) is 15.2 Å². The van der Waals surface area contributed by atoms with Crippen LogP contribution in [0.3, 0.4) is 0 Å². The van der Waals surface area contributed by atoms with Crippen LogP contribution in [0.2, 0.25) is 0 Å². The van der Waals surface area contributed by atoms with E-state index in [2.05, 4.69) is 25.8 Å². The first-order valence-corrected chi connectivity index (χ1v) is 7.87. The van der Waals surface area contributed by atoms with E-state index >= 15 is 0 Å². The molecule has 0 saturated heterocycles. The fourth-order valence-electron chi connectivity index (χ4n) is 2.20. The van der Waals surface area contributed by atoms with Crippen molar-refractivity contribution < 1.29 is 14.3 Å². The first kappa shape index (κ1) is 18.9. The van der Waals surface area contributed by atoms with Crippen LogP contribution < -0.4 is 26.8 Å². The van der Waals surface area contributed by atoms with Crippen molar-refractivity contribution in [3.05, 3.63) is 29.5 Å². The molecule has 0 aliphatic carbocycles. The molecule has 1 heterocycles. The van der Waals surface area contributed by atoms with Crippen LogP contribution in [0.1, 0.15) is 29.4 Å². The lowest BCUT2D eigenvalue weighted by Crippen LogP contribution is -2.35. The van der Waals surface area contributed by atoms with E-state index in [1.165, 1.54) is 0 Å². The van der Waals surface area contributed by atoms with Gasteiger partial charge in [-0.05, 0) is 25.0 Å². The minimum absolute atomic E-state index is 0.0437. The first-order valence-electron chi connectivity index (χ1n) is 7.87. The fraction of sp³-hybridized carbons (Fsp3) is 0.312. The van der Waals surface area contributed by atoms with Crippen LogP contribution >= 0.6 is 0 Å². The number of nitrogens with two attached hydrogens (primary N) is 2. The monoisotopic (exact) mass is 359 g/mol. The Bertz CT molecular complexity index is 825. The SMILES string of the molecule is CC[C@@H](Nc1nnc(C(N)=O)c(Nc2ccc(C)c(OC)c2)n1)C(N)=O. The van der Waals surface area contributed by atoms with Crippen molar-refractivity contribution in [3.8, 4) is 5.75 Å². The van der Waals surface area contributed by atoms with Crippen molar-refractivity contribution in [2.75, 3.05) is 17.7 Å². The molecule has 1 aromatic carbocycles. The van der Waals surface area contributed by atoms with Crippen molar-refractivity contribution in [2.24, 2.45) is 11.5 Å². The van der Waals surface area contributed by atoms with Gasteiger partial charge in [0.1, 0.15) is 11.8 Å². The normalized spacial score (nSPS) is 11.5. The van der Waals surface area contributed by atoms with Crippen LogP contribution in [-0.4, -0.2) is 40.1 Å². The second-order valence-corrected chi connectivity index (χ2v) is 5.51. The van der Waals surface area contributed by atoms with Gasteiger partial charge in [0.05, 0.1) is 7.11 Å². The Labute approximate surface area is 150 Å². The highest BCUT2D eigenvalue weighted by Gasteiger charge is 2.18. The number of hydrogen-bond acceptors (Lipinski definition) is 8. The number of aromatic nitrogens is 3. The molecule has 0 spiro atoms. The standard InChI is InChI=1S/C16H21N7O3/c1-4-10(13(17)24)20-16-21-15(12(14(18)25)22-23-16)19-9-6-5-8(2)11(7-9)26-3/h5-7,10H,4H2,1-3H3,(H2,17,24)(H2,18,25)(H2,19,20,21,23)/t10-/m1/s1. The zero-order chi connectivity index (χ0) is 19.3. The summed E-state index contributed by atoms with van der Waals surface area (Å²) < 4.78 is 5.27. The van der Waals surface area contributed by atoms with Gasteiger partial charge < -0.3 is 26.8 Å². The Hall–Kier alpha value is -3.43. The van der Waals surface area contributed by atoms with Crippen LogP contribution in [0.5, 0.6) is 5.75 Å². The lowest BCUT2D eigenvalue weighted by Gasteiger charge is -2.15. The summed E-state index contributed by atoms with van der Waals surface area (Å²) in [4.78, 5) is 27.2. The molecule has 0 aliphatic rings. The van der Waals surface area contributed by atoms with Crippen LogP contribution in [0.15, 0.2) is 18.2 Å². The zero-order valence-corrected chi connectivity index (χ0v) is 14.7. The van der Waals surface area contributed by atoms with E-state index in [4.69, 9.17) is 16.2 Å². The third kappa shape index (κ3) is 4.35. The summed E-state index contributed by atoms with van der Waals surface area (Å²) in [7, 11) is 1.56. The van der Waals surface area contributed by atoms with Gasteiger partial charge in [-0.3, -0.25) is 9.59 Å². The average Bonchev–Trinajstić information content (AvgIpc) is 2.60. The van der Waals surface area contributed by atoms with E-state index in [9.17, 15) is 9.59 Å². The Morgan fingerprint density at radius 2 is 2.00 bits per heavy atom. The number of benzene rings is 1. The number of carbonyl (C=O) groups is 2. The summed E-state index contributed by atoms with van der Waals surface area (Å²) >= 11 is 0. The average molecular weight is 359 g/mol. The van der Waals surface area contributed by atoms with Crippen LogP contribution in [0.25, 0.3) is 0 Å². The number of primary amides is 2. The quantitative estimate of drug-likeness (QED) is 0.536. The van der Waals surface area contributed by atoms with Crippen molar-refractivity contribution in [1.29, 1.82) is 0 Å². The van der Waals surface area contributed by atoms with Gasteiger partial charge in [0.25, 0.3) is 5.91 Å². The second kappa shape index (κ2) is 8.10. The maximum atomic E-state index is 11.6. The Morgan fingerprint density at radius 3 is 2.58 bits per heavy atom. The number of anilines is 3. The molecule has 0 unspecified atom stereocenters. The Morgan fingerprint density at radius 1 is 1.27 bits per heavy atom. The van der Waals surface area contributed by atoms with Crippen LogP contribution in [-0.2, 0) is 4.79 Å². The molecular formula is C16H21N7O3. The number of aryl methyl sites for hydroxylation is 1. The molecule has 1 aromatic heterocycles.